The number of para-hydroxylation sites is 1. The Labute approximate surface area is 162 Å². The fourth-order valence-electron chi connectivity index (χ4n) is 3.75. The summed E-state index contributed by atoms with van der Waals surface area (Å²) in [6, 6.07) is 15.4. The molecule has 3 heterocycles. The molecule has 0 atom stereocenters. The van der Waals surface area contributed by atoms with E-state index in [4.69, 9.17) is 0 Å². The van der Waals surface area contributed by atoms with Gasteiger partial charge in [-0.3, -0.25) is 15.4 Å². The Morgan fingerprint density at radius 3 is 2.71 bits per heavy atom. The highest BCUT2D eigenvalue weighted by molar-refractivity contribution is 5.99. The van der Waals surface area contributed by atoms with Gasteiger partial charge in [-0.05, 0) is 36.4 Å². The van der Waals surface area contributed by atoms with Gasteiger partial charge in [0.2, 0.25) is 0 Å². The molecule has 5 rings (SSSR count). The third-order valence-corrected chi connectivity index (χ3v) is 5.26. The molecule has 0 spiro atoms. The maximum Gasteiger partial charge on any atom is 0.253 e. The number of carbonyl (C=O) groups is 1. The van der Waals surface area contributed by atoms with Gasteiger partial charge in [-0.25, -0.2) is 0 Å². The molecule has 0 radical (unpaired) electrons. The van der Waals surface area contributed by atoms with Crippen molar-refractivity contribution < 1.29 is 10.0 Å². The largest absolute Gasteiger partial charge is 0.353 e. The summed E-state index contributed by atoms with van der Waals surface area (Å²) in [7, 11) is 0. The number of fused-ring (bicyclic) bond motifs is 2. The minimum Gasteiger partial charge on any atom is -0.353 e. The maximum atomic E-state index is 12.8. The van der Waals surface area contributed by atoms with Crippen LogP contribution in [0.5, 0.6) is 0 Å². The molecule has 0 saturated carbocycles. The number of benzene rings is 2. The van der Waals surface area contributed by atoms with Crippen LogP contribution in [0.25, 0.3) is 22.7 Å². The van der Waals surface area contributed by atoms with Crippen LogP contribution in [-0.2, 0) is 0 Å². The summed E-state index contributed by atoms with van der Waals surface area (Å²) in [4.78, 5) is 18.0. The van der Waals surface area contributed by atoms with Crippen molar-refractivity contribution in [1.29, 1.82) is 0 Å². The Morgan fingerprint density at radius 2 is 1.86 bits per heavy atom. The number of piperazine rings is 1. The van der Waals surface area contributed by atoms with Crippen molar-refractivity contribution >= 4 is 34.3 Å². The van der Waals surface area contributed by atoms with Crippen LogP contribution in [0.1, 0.15) is 21.6 Å². The van der Waals surface area contributed by atoms with Gasteiger partial charge in [0.1, 0.15) is 5.70 Å². The van der Waals surface area contributed by atoms with Crippen molar-refractivity contribution in [3.8, 4) is 0 Å². The Hall–Kier alpha value is -3.29. The molecule has 2 aliphatic rings. The molecule has 0 unspecified atom stereocenters. The number of H-pyrrole nitrogens is 1. The van der Waals surface area contributed by atoms with E-state index >= 15 is 0 Å². The molecule has 1 amide bonds. The molecule has 0 aliphatic carbocycles. The van der Waals surface area contributed by atoms with Gasteiger partial charge < -0.3 is 15.2 Å². The first-order chi connectivity index (χ1) is 13.7. The summed E-state index contributed by atoms with van der Waals surface area (Å²) in [6.45, 7) is 3.12. The van der Waals surface area contributed by atoms with E-state index in [2.05, 4.69) is 15.7 Å². The topological polar surface area (TPSA) is 83.6 Å². The highest BCUT2D eigenvalue weighted by Crippen LogP contribution is 2.31. The molecule has 0 bridgehead atoms. The summed E-state index contributed by atoms with van der Waals surface area (Å²) in [5, 5.41) is 15.6. The van der Waals surface area contributed by atoms with Gasteiger partial charge in [0.05, 0.1) is 11.4 Å². The lowest BCUT2D eigenvalue weighted by Crippen LogP contribution is -2.46. The predicted molar refractivity (Wildman–Crippen MR) is 109 cm³/mol. The van der Waals surface area contributed by atoms with E-state index in [1.807, 2.05) is 59.5 Å². The zero-order valence-corrected chi connectivity index (χ0v) is 15.3. The first-order valence-electron chi connectivity index (χ1n) is 9.38. The number of nitrogens with one attached hydrogen (secondary N) is 3. The molecule has 7 nitrogen and oxygen atoms in total. The standard InChI is InChI=1S/C21H21N5O2/c27-21(25-9-7-22-8-10-25)15-5-6-17-16(11-15)12-19(23-17)20-13-14-3-1-2-4-18(14)24-26(20)28/h1-6,11-13,22-24,28H,7-10H2. The first kappa shape index (κ1) is 16.9. The maximum absolute atomic E-state index is 12.8. The second-order valence-corrected chi connectivity index (χ2v) is 7.07. The van der Waals surface area contributed by atoms with Gasteiger partial charge in [-0.15, -0.1) is 0 Å². The molecule has 4 N–H and O–H groups in total. The Morgan fingerprint density at radius 1 is 1.04 bits per heavy atom. The molecule has 28 heavy (non-hydrogen) atoms. The van der Waals surface area contributed by atoms with Gasteiger partial charge >= 0.3 is 0 Å². The number of aromatic amines is 1. The number of carbonyl (C=O) groups excluding carboxylic acids is 1. The van der Waals surface area contributed by atoms with Crippen LogP contribution in [-0.4, -0.2) is 52.3 Å². The lowest BCUT2D eigenvalue weighted by atomic mass is 10.1. The van der Waals surface area contributed by atoms with Gasteiger partial charge in [0, 0.05) is 48.2 Å². The van der Waals surface area contributed by atoms with Gasteiger partial charge in [-0.2, -0.15) is 5.17 Å². The second-order valence-electron chi connectivity index (χ2n) is 7.07. The third kappa shape index (κ3) is 2.90. The molecule has 2 aromatic carbocycles. The van der Waals surface area contributed by atoms with Crippen molar-refractivity contribution in [3.63, 3.8) is 0 Å². The van der Waals surface area contributed by atoms with Crippen LogP contribution in [0.3, 0.4) is 0 Å². The van der Waals surface area contributed by atoms with Crippen molar-refractivity contribution in [2.75, 3.05) is 31.6 Å². The minimum absolute atomic E-state index is 0.0578. The zero-order chi connectivity index (χ0) is 19.1. The summed E-state index contributed by atoms with van der Waals surface area (Å²) >= 11 is 0. The molecule has 7 heteroatoms. The SMILES string of the molecule is O=C(c1ccc2[nH]c(C3=Cc4ccccc4NN3O)cc2c1)N1CCNCC1. The van der Waals surface area contributed by atoms with E-state index in [1.54, 1.807) is 0 Å². The number of hydrogen-bond acceptors (Lipinski definition) is 5. The molecule has 1 fully saturated rings. The summed E-state index contributed by atoms with van der Waals surface area (Å²) < 4.78 is 0. The molecule has 1 saturated heterocycles. The van der Waals surface area contributed by atoms with Crippen molar-refractivity contribution in [3.05, 3.63) is 65.4 Å². The summed E-state index contributed by atoms with van der Waals surface area (Å²) in [5.41, 5.74) is 7.78. The molecule has 142 valence electrons. The smallest absolute Gasteiger partial charge is 0.253 e. The molecule has 3 aromatic rings. The highest BCUT2D eigenvalue weighted by atomic mass is 16.5. The van der Waals surface area contributed by atoms with E-state index in [0.717, 1.165) is 59.2 Å². The Kier molecular flexibility index (Phi) is 4.03. The molecular formula is C21H21N5O2. The number of hydrazine groups is 1. The molecule has 1 aromatic heterocycles. The van der Waals surface area contributed by atoms with Crippen LogP contribution in [0.2, 0.25) is 0 Å². The van der Waals surface area contributed by atoms with Crippen LogP contribution in [0.4, 0.5) is 5.69 Å². The number of hydrogen-bond donors (Lipinski definition) is 4. The van der Waals surface area contributed by atoms with Crippen molar-refractivity contribution in [2.24, 2.45) is 0 Å². The van der Waals surface area contributed by atoms with Crippen molar-refractivity contribution in [1.82, 2.24) is 20.4 Å². The number of amides is 1. The van der Waals surface area contributed by atoms with E-state index in [0.29, 0.717) is 11.3 Å². The van der Waals surface area contributed by atoms with Gasteiger partial charge in [0.15, 0.2) is 0 Å². The summed E-state index contributed by atoms with van der Waals surface area (Å²) in [5.74, 6) is 0.0578. The minimum atomic E-state index is 0.0578. The summed E-state index contributed by atoms with van der Waals surface area (Å²) in [6.07, 6.45) is 1.92. The fraction of sp³-hybridized carbons (Fsp3) is 0.190. The number of hydroxylamine groups is 1. The fourth-order valence-corrected chi connectivity index (χ4v) is 3.75. The number of nitrogens with zero attached hydrogens (tertiary/aromatic N) is 2. The number of rotatable bonds is 2. The van der Waals surface area contributed by atoms with Gasteiger partial charge in [0.25, 0.3) is 5.91 Å². The second kappa shape index (κ2) is 6.70. The highest BCUT2D eigenvalue weighted by Gasteiger charge is 2.21. The van der Waals surface area contributed by atoms with E-state index in [-0.39, 0.29) is 5.91 Å². The quantitative estimate of drug-likeness (QED) is 0.554. The lowest BCUT2D eigenvalue weighted by molar-refractivity contribution is -0.00100. The van der Waals surface area contributed by atoms with Gasteiger partial charge in [-0.1, -0.05) is 18.2 Å². The number of anilines is 1. The predicted octanol–water partition coefficient (Wildman–Crippen LogP) is 2.74. The van der Waals surface area contributed by atoms with Crippen molar-refractivity contribution in [2.45, 2.75) is 0 Å². The van der Waals surface area contributed by atoms with Crippen LogP contribution in [0.15, 0.2) is 48.5 Å². The molecular weight excluding hydrogens is 354 g/mol. The van der Waals surface area contributed by atoms with Crippen LogP contribution >= 0.6 is 0 Å². The third-order valence-electron chi connectivity index (χ3n) is 5.26. The molecule has 2 aliphatic heterocycles. The van der Waals surface area contributed by atoms with E-state index in [1.165, 1.54) is 0 Å². The average Bonchev–Trinajstić information content (AvgIpc) is 3.16. The lowest BCUT2D eigenvalue weighted by Gasteiger charge is -2.27. The average molecular weight is 375 g/mol. The Bertz CT molecular complexity index is 1080. The van der Waals surface area contributed by atoms with Crippen LogP contribution in [0, 0.1) is 0 Å². The van der Waals surface area contributed by atoms with E-state index < -0.39 is 0 Å². The van der Waals surface area contributed by atoms with E-state index in [9.17, 15) is 10.0 Å². The first-order valence-corrected chi connectivity index (χ1v) is 9.38. The Balaban J connectivity index is 1.49. The zero-order valence-electron chi connectivity index (χ0n) is 15.3. The monoisotopic (exact) mass is 375 g/mol. The number of aromatic nitrogens is 1. The van der Waals surface area contributed by atoms with Crippen LogP contribution < -0.4 is 10.7 Å². The normalized spacial score (nSPS) is 16.5.